The lowest BCUT2D eigenvalue weighted by atomic mass is 9.99. The van der Waals surface area contributed by atoms with Crippen molar-refractivity contribution >= 4 is 29.0 Å². The molecule has 2 aromatic rings. The summed E-state index contributed by atoms with van der Waals surface area (Å²) in [6, 6.07) is 8.12. The highest BCUT2D eigenvalue weighted by molar-refractivity contribution is 7.12. The Balaban J connectivity index is 1.77. The molecule has 3 rings (SSSR count). The Morgan fingerprint density at radius 2 is 2.21 bits per heavy atom. The van der Waals surface area contributed by atoms with E-state index in [4.69, 9.17) is 4.74 Å². The zero-order valence-electron chi connectivity index (χ0n) is 13.3. The molecule has 1 aliphatic rings. The average molecular weight is 344 g/mol. The number of nitrogens with zero attached hydrogens (tertiary/aromatic N) is 2. The van der Waals surface area contributed by atoms with Gasteiger partial charge < -0.3 is 9.64 Å². The van der Waals surface area contributed by atoms with Crippen molar-refractivity contribution < 1.29 is 14.5 Å². The molecule has 0 spiro atoms. The molecular weight excluding hydrogens is 328 g/mol. The lowest BCUT2D eigenvalue weighted by molar-refractivity contribution is -0.384. The molecule has 0 radical (unpaired) electrons. The summed E-state index contributed by atoms with van der Waals surface area (Å²) in [5, 5.41) is 12.7. The maximum Gasteiger partial charge on any atom is 0.270 e. The number of amides is 1. The number of hydrogen-bond donors (Lipinski definition) is 0. The van der Waals surface area contributed by atoms with E-state index >= 15 is 0 Å². The number of likely N-dealkylation sites (N-methyl/N-ethyl adjacent to an activating group) is 1. The lowest BCUT2D eigenvalue weighted by Crippen LogP contribution is -2.45. The molecule has 1 aliphatic heterocycles. The van der Waals surface area contributed by atoms with Crippen LogP contribution in [0.1, 0.15) is 22.2 Å². The number of fused-ring (bicyclic) bond motifs is 1. The monoisotopic (exact) mass is 344 g/mol. The van der Waals surface area contributed by atoms with E-state index in [0.717, 1.165) is 0 Å². The molecule has 0 saturated carbocycles. The van der Waals surface area contributed by atoms with E-state index < -0.39 is 10.5 Å². The number of nitro benzene ring substituents is 1. The summed E-state index contributed by atoms with van der Waals surface area (Å²) in [4.78, 5) is 25.1. The van der Waals surface area contributed by atoms with Gasteiger partial charge in [-0.15, -0.1) is 11.3 Å². The first-order valence-corrected chi connectivity index (χ1v) is 8.22. The Morgan fingerprint density at radius 3 is 2.88 bits per heavy atom. The molecule has 1 aromatic heterocycles. The standard InChI is InChI=1S/C17H16N2O4S/c1-17(11-18(2)16(20)15-4-3-9-24-15)8-7-12-10-13(19(21)22)5-6-14(12)23-17/h3-10H,11H2,1-2H3. The summed E-state index contributed by atoms with van der Waals surface area (Å²) in [5.74, 6) is 0.514. The van der Waals surface area contributed by atoms with E-state index in [1.807, 2.05) is 24.4 Å². The van der Waals surface area contributed by atoms with Gasteiger partial charge in [0.05, 0.1) is 16.3 Å². The highest BCUT2D eigenvalue weighted by Crippen LogP contribution is 2.34. The summed E-state index contributed by atoms with van der Waals surface area (Å²) >= 11 is 1.40. The van der Waals surface area contributed by atoms with Crippen LogP contribution >= 0.6 is 11.3 Å². The second-order valence-corrected chi connectivity index (χ2v) is 6.81. The van der Waals surface area contributed by atoms with E-state index in [2.05, 4.69) is 0 Å². The molecule has 1 unspecified atom stereocenters. The van der Waals surface area contributed by atoms with Crippen LogP contribution in [-0.4, -0.2) is 34.9 Å². The fraction of sp³-hybridized carbons (Fsp3) is 0.235. The third-order valence-electron chi connectivity index (χ3n) is 3.79. The van der Waals surface area contributed by atoms with Gasteiger partial charge in [0.25, 0.3) is 11.6 Å². The highest BCUT2D eigenvalue weighted by atomic mass is 32.1. The molecule has 0 aliphatic carbocycles. The van der Waals surface area contributed by atoms with Crippen LogP contribution in [0, 0.1) is 10.1 Å². The summed E-state index contributed by atoms with van der Waals surface area (Å²) in [5.41, 5.74) is -0.00495. The largest absolute Gasteiger partial charge is 0.481 e. The van der Waals surface area contributed by atoms with Crippen molar-refractivity contribution in [2.75, 3.05) is 13.6 Å². The average Bonchev–Trinajstić information content (AvgIpc) is 3.07. The van der Waals surface area contributed by atoms with E-state index in [0.29, 0.717) is 22.7 Å². The van der Waals surface area contributed by atoms with Crippen molar-refractivity contribution in [1.29, 1.82) is 0 Å². The fourth-order valence-corrected chi connectivity index (χ4v) is 3.36. The van der Waals surface area contributed by atoms with Crippen molar-refractivity contribution in [3.05, 3.63) is 62.3 Å². The number of carbonyl (C=O) groups excluding carboxylic acids is 1. The molecule has 1 aromatic carbocycles. The molecule has 1 amide bonds. The van der Waals surface area contributed by atoms with Crippen LogP contribution in [0.15, 0.2) is 41.8 Å². The molecule has 0 saturated heterocycles. The minimum Gasteiger partial charge on any atom is -0.481 e. The Morgan fingerprint density at radius 1 is 1.42 bits per heavy atom. The van der Waals surface area contributed by atoms with Crippen LogP contribution in [0.3, 0.4) is 0 Å². The summed E-state index contributed by atoms with van der Waals surface area (Å²) in [7, 11) is 1.73. The van der Waals surface area contributed by atoms with Gasteiger partial charge in [0, 0.05) is 24.7 Å². The van der Waals surface area contributed by atoms with E-state index in [9.17, 15) is 14.9 Å². The van der Waals surface area contributed by atoms with Gasteiger partial charge >= 0.3 is 0 Å². The minimum absolute atomic E-state index is 0.0237. The van der Waals surface area contributed by atoms with Crippen molar-refractivity contribution in [1.82, 2.24) is 4.90 Å². The van der Waals surface area contributed by atoms with Gasteiger partial charge in [-0.05, 0) is 30.5 Å². The predicted molar refractivity (Wildman–Crippen MR) is 92.4 cm³/mol. The van der Waals surface area contributed by atoms with Crippen molar-refractivity contribution in [2.24, 2.45) is 0 Å². The number of hydrogen-bond acceptors (Lipinski definition) is 5. The molecule has 0 fully saturated rings. The zero-order valence-corrected chi connectivity index (χ0v) is 14.1. The van der Waals surface area contributed by atoms with Crippen LogP contribution in [0.25, 0.3) is 6.08 Å². The van der Waals surface area contributed by atoms with Gasteiger partial charge in [0.2, 0.25) is 0 Å². The number of benzene rings is 1. The summed E-state index contributed by atoms with van der Waals surface area (Å²) < 4.78 is 5.99. The Labute approximate surface area is 143 Å². The van der Waals surface area contributed by atoms with Crippen LogP contribution in [-0.2, 0) is 0 Å². The second-order valence-electron chi connectivity index (χ2n) is 5.87. The third-order valence-corrected chi connectivity index (χ3v) is 4.65. The van der Waals surface area contributed by atoms with Crippen LogP contribution in [0.4, 0.5) is 5.69 Å². The first kappa shape index (κ1) is 16.2. The Bertz CT molecular complexity index is 816. The Kier molecular flexibility index (Phi) is 4.11. The lowest BCUT2D eigenvalue weighted by Gasteiger charge is -2.34. The molecular formula is C17H16N2O4S. The van der Waals surface area contributed by atoms with Gasteiger partial charge in [-0.3, -0.25) is 14.9 Å². The topological polar surface area (TPSA) is 72.7 Å². The van der Waals surface area contributed by atoms with Gasteiger partial charge in [-0.25, -0.2) is 0 Å². The SMILES string of the molecule is CN(CC1(C)C=Cc2cc([N+](=O)[O-])ccc2O1)C(=O)c1cccs1. The zero-order chi connectivity index (χ0) is 17.3. The minimum atomic E-state index is -0.690. The molecule has 24 heavy (non-hydrogen) atoms. The molecule has 1 atom stereocenters. The number of thiophene rings is 1. The number of ether oxygens (including phenoxy) is 1. The third kappa shape index (κ3) is 3.16. The van der Waals surface area contributed by atoms with Crippen molar-refractivity contribution in [3.63, 3.8) is 0 Å². The van der Waals surface area contributed by atoms with Crippen LogP contribution < -0.4 is 4.74 Å². The van der Waals surface area contributed by atoms with E-state index in [1.54, 1.807) is 30.2 Å². The highest BCUT2D eigenvalue weighted by Gasteiger charge is 2.31. The number of rotatable bonds is 4. The number of carbonyl (C=O) groups is 1. The smallest absolute Gasteiger partial charge is 0.270 e. The first-order valence-electron chi connectivity index (χ1n) is 7.34. The number of nitro groups is 1. The second kappa shape index (κ2) is 6.09. The Hall–Kier alpha value is -2.67. The van der Waals surface area contributed by atoms with Crippen molar-refractivity contribution in [2.45, 2.75) is 12.5 Å². The van der Waals surface area contributed by atoms with Crippen molar-refractivity contribution in [3.8, 4) is 5.75 Å². The molecule has 0 bridgehead atoms. The fourth-order valence-electron chi connectivity index (χ4n) is 2.64. The molecule has 2 heterocycles. The molecule has 124 valence electrons. The van der Waals surface area contributed by atoms with Gasteiger partial charge in [-0.2, -0.15) is 0 Å². The van der Waals surface area contributed by atoms with Crippen LogP contribution in [0.5, 0.6) is 5.75 Å². The summed E-state index contributed by atoms with van der Waals surface area (Å²) in [6.45, 7) is 2.25. The van der Waals surface area contributed by atoms with E-state index in [1.165, 1.54) is 23.5 Å². The molecule has 6 nitrogen and oxygen atoms in total. The quantitative estimate of drug-likeness (QED) is 0.627. The molecule has 7 heteroatoms. The predicted octanol–water partition coefficient (Wildman–Crippen LogP) is 3.59. The van der Waals surface area contributed by atoms with E-state index in [-0.39, 0.29) is 11.6 Å². The molecule has 0 N–H and O–H groups in total. The van der Waals surface area contributed by atoms with Crippen LogP contribution in [0.2, 0.25) is 0 Å². The maximum absolute atomic E-state index is 12.4. The number of non-ortho nitro benzene ring substituents is 1. The maximum atomic E-state index is 12.4. The first-order chi connectivity index (χ1) is 11.4. The van der Waals surface area contributed by atoms with Gasteiger partial charge in [0.15, 0.2) is 0 Å². The summed E-state index contributed by atoms with van der Waals surface area (Å²) in [6.07, 6.45) is 3.63. The normalized spacial score (nSPS) is 18.6. The van der Waals surface area contributed by atoms with Gasteiger partial charge in [-0.1, -0.05) is 12.1 Å². The van der Waals surface area contributed by atoms with Gasteiger partial charge in [0.1, 0.15) is 11.4 Å².